The molecule has 1 aliphatic carbocycles. The third kappa shape index (κ3) is 7.44. The molecule has 1 atom stereocenters. The highest BCUT2D eigenvalue weighted by Gasteiger charge is 2.23. The van der Waals surface area contributed by atoms with E-state index in [0.717, 1.165) is 56.1 Å². The summed E-state index contributed by atoms with van der Waals surface area (Å²) in [5.74, 6) is 0.170. The van der Waals surface area contributed by atoms with Gasteiger partial charge in [0.2, 0.25) is 0 Å². The Labute approximate surface area is 237 Å². The summed E-state index contributed by atoms with van der Waals surface area (Å²) >= 11 is 0. The van der Waals surface area contributed by atoms with Crippen molar-refractivity contribution in [2.24, 2.45) is 0 Å². The van der Waals surface area contributed by atoms with Gasteiger partial charge in [-0.25, -0.2) is 0 Å². The molecule has 0 amide bonds. The molecule has 0 radical (unpaired) electrons. The summed E-state index contributed by atoms with van der Waals surface area (Å²) in [6.45, 7) is 2.18. The summed E-state index contributed by atoms with van der Waals surface area (Å²) in [6, 6.07) is 18.7. The van der Waals surface area contributed by atoms with Gasteiger partial charge in [-0.2, -0.15) is 0 Å². The number of benzene rings is 3. The van der Waals surface area contributed by atoms with Gasteiger partial charge < -0.3 is 19.3 Å². The smallest absolute Gasteiger partial charge is 0.310 e. The maximum absolute atomic E-state index is 13.1. The van der Waals surface area contributed by atoms with E-state index in [0.29, 0.717) is 17.9 Å². The van der Waals surface area contributed by atoms with E-state index in [4.69, 9.17) is 19.3 Å². The number of aliphatic carboxylic acids is 1. The molecule has 0 heterocycles. The number of unbranched alkanes of at least 4 members (excludes halogenated alkanes) is 4. The number of aryl methyl sites for hydroxylation is 1. The Balaban J connectivity index is 1.46. The van der Waals surface area contributed by atoms with Crippen molar-refractivity contribution in [1.29, 1.82) is 0 Å². The van der Waals surface area contributed by atoms with Crippen LogP contribution in [0.5, 0.6) is 11.5 Å². The molecule has 0 aromatic heterocycles. The quantitative estimate of drug-likeness (QED) is 0.123. The van der Waals surface area contributed by atoms with Crippen molar-refractivity contribution in [3.63, 3.8) is 0 Å². The molecule has 1 aliphatic rings. The molecule has 0 aliphatic heterocycles. The molecular weight excluding hydrogens is 504 g/mol. The fourth-order valence-electron chi connectivity index (χ4n) is 5.49. The maximum Gasteiger partial charge on any atom is 0.310 e. The van der Waals surface area contributed by atoms with E-state index in [2.05, 4.69) is 43.3 Å². The first-order valence-corrected chi connectivity index (χ1v) is 14.3. The summed E-state index contributed by atoms with van der Waals surface area (Å²) in [7, 11) is 3.16. The first kappa shape index (κ1) is 29.2. The van der Waals surface area contributed by atoms with Gasteiger partial charge in [0.25, 0.3) is 0 Å². The average molecular weight is 545 g/mol. The molecule has 0 saturated heterocycles. The topological polar surface area (TPSA) is 82.1 Å². The molecular formula is C34H40O6. The van der Waals surface area contributed by atoms with Crippen LogP contribution in [-0.2, 0) is 33.6 Å². The lowest BCUT2D eigenvalue weighted by Gasteiger charge is -2.20. The molecule has 0 spiro atoms. The average Bonchev–Trinajstić information content (AvgIpc) is 3.32. The molecule has 6 nitrogen and oxygen atoms in total. The zero-order valence-electron chi connectivity index (χ0n) is 23.8. The number of fused-ring (bicyclic) bond motifs is 3. The van der Waals surface area contributed by atoms with Crippen molar-refractivity contribution in [2.75, 3.05) is 14.2 Å². The Bertz CT molecular complexity index is 1330. The Morgan fingerprint density at radius 3 is 2.20 bits per heavy atom. The summed E-state index contributed by atoms with van der Waals surface area (Å²) in [4.78, 5) is 23.9. The zero-order chi connectivity index (χ0) is 28.5. The molecule has 0 fully saturated rings. The van der Waals surface area contributed by atoms with Crippen molar-refractivity contribution >= 4 is 11.9 Å². The van der Waals surface area contributed by atoms with Crippen LogP contribution < -0.4 is 9.47 Å². The van der Waals surface area contributed by atoms with Gasteiger partial charge in [0, 0.05) is 6.42 Å². The van der Waals surface area contributed by atoms with Crippen LogP contribution in [0.2, 0.25) is 0 Å². The van der Waals surface area contributed by atoms with Gasteiger partial charge in [-0.3, -0.25) is 9.59 Å². The van der Waals surface area contributed by atoms with Crippen molar-refractivity contribution in [3.8, 4) is 22.6 Å². The van der Waals surface area contributed by atoms with E-state index in [1.54, 1.807) is 20.3 Å². The first-order valence-electron chi connectivity index (χ1n) is 14.3. The highest BCUT2D eigenvalue weighted by Crippen LogP contribution is 2.39. The molecule has 1 unspecified atom stereocenters. The molecule has 3 aromatic carbocycles. The molecule has 3 aromatic rings. The first-order chi connectivity index (χ1) is 19.4. The van der Waals surface area contributed by atoms with Crippen molar-refractivity contribution < 1.29 is 28.9 Å². The number of carboxylic acids is 1. The van der Waals surface area contributed by atoms with E-state index < -0.39 is 5.97 Å². The fraction of sp³-hybridized carbons (Fsp3) is 0.412. The largest absolute Gasteiger partial charge is 0.493 e. The van der Waals surface area contributed by atoms with Crippen molar-refractivity contribution in [2.45, 2.75) is 77.2 Å². The van der Waals surface area contributed by atoms with Crippen LogP contribution in [0.25, 0.3) is 11.1 Å². The second-order valence-corrected chi connectivity index (χ2v) is 10.5. The van der Waals surface area contributed by atoms with Crippen LogP contribution in [0, 0.1) is 0 Å². The van der Waals surface area contributed by atoms with E-state index in [1.165, 1.54) is 27.8 Å². The lowest BCUT2D eigenvalue weighted by molar-refractivity contribution is -0.149. The predicted octanol–water partition coefficient (Wildman–Crippen LogP) is 7.48. The third-order valence-electron chi connectivity index (χ3n) is 7.68. The lowest BCUT2D eigenvalue weighted by Crippen LogP contribution is -2.14. The van der Waals surface area contributed by atoms with E-state index in [-0.39, 0.29) is 24.9 Å². The molecule has 0 saturated carbocycles. The van der Waals surface area contributed by atoms with E-state index in [9.17, 15) is 9.59 Å². The highest BCUT2D eigenvalue weighted by molar-refractivity contribution is 5.78. The van der Waals surface area contributed by atoms with Gasteiger partial charge in [-0.05, 0) is 83.2 Å². The third-order valence-corrected chi connectivity index (χ3v) is 7.68. The zero-order valence-corrected chi connectivity index (χ0v) is 23.8. The van der Waals surface area contributed by atoms with Gasteiger partial charge in [0.05, 0.1) is 20.6 Å². The van der Waals surface area contributed by atoms with Gasteiger partial charge in [0.15, 0.2) is 11.5 Å². The summed E-state index contributed by atoms with van der Waals surface area (Å²) in [5, 5.41) is 8.85. The Kier molecular flexibility index (Phi) is 10.2. The maximum atomic E-state index is 13.1. The van der Waals surface area contributed by atoms with Gasteiger partial charge in [-0.1, -0.05) is 68.7 Å². The highest BCUT2D eigenvalue weighted by atomic mass is 16.5. The Morgan fingerprint density at radius 1 is 0.800 bits per heavy atom. The van der Waals surface area contributed by atoms with Crippen LogP contribution in [0.15, 0.2) is 54.6 Å². The lowest BCUT2D eigenvalue weighted by atomic mass is 9.97. The number of carbonyl (C=O) groups is 2. The molecule has 6 heteroatoms. The molecule has 1 N–H and O–H groups in total. The fourth-order valence-corrected chi connectivity index (χ4v) is 5.49. The van der Waals surface area contributed by atoms with Crippen molar-refractivity contribution in [3.05, 3.63) is 82.4 Å². The minimum atomic E-state index is -0.744. The Hall–Kier alpha value is -3.80. The molecule has 40 heavy (non-hydrogen) atoms. The summed E-state index contributed by atoms with van der Waals surface area (Å²) in [6.07, 6.45) is 7.09. The van der Waals surface area contributed by atoms with Gasteiger partial charge in [-0.15, -0.1) is 0 Å². The number of rotatable bonds is 15. The van der Waals surface area contributed by atoms with Gasteiger partial charge >= 0.3 is 11.9 Å². The van der Waals surface area contributed by atoms with Crippen molar-refractivity contribution in [1.82, 2.24) is 0 Å². The number of carboxylic acid groups (broad SMARTS) is 1. The standard InChI is InChI=1S/C34H40O6/c1-4-23-12-15-28-26(18-23)22-27-21-25(14-16-29(27)28)30(10-8-6-5-7-9-11-33(35)36)40-34(37)20-24-13-17-31(38-2)32(19-24)39-3/h12-19,21,30H,4-11,20,22H2,1-3H3,(H,35,36). The van der Waals surface area contributed by atoms with Crippen LogP contribution in [0.3, 0.4) is 0 Å². The number of esters is 1. The molecule has 212 valence electrons. The van der Waals surface area contributed by atoms with E-state index in [1.807, 2.05) is 12.1 Å². The number of methoxy groups -OCH3 is 2. The monoisotopic (exact) mass is 544 g/mol. The van der Waals surface area contributed by atoms with Crippen LogP contribution in [-0.4, -0.2) is 31.3 Å². The summed E-state index contributed by atoms with van der Waals surface area (Å²) in [5.41, 5.74) is 8.35. The normalized spacial score (nSPS) is 12.4. The number of hydrogen-bond acceptors (Lipinski definition) is 5. The number of ether oxygens (including phenoxy) is 3. The minimum Gasteiger partial charge on any atom is -0.493 e. The van der Waals surface area contributed by atoms with Gasteiger partial charge in [0.1, 0.15) is 6.10 Å². The van der Waals surface area contributed by atoms with Crippen LogP contribution in [0.1, 0.15) is 85.8 Å². The van der Waals surface area contributed by atoms with E-state index >= 15 is 0 Å². The number of carbonyl (C=O) groups excluding carboxylic acids is 1. The van der Waals surface area contributed by atoms with Crippen LogP contribution in [0.4, 0.5) is 0 Å². The molecule has 4 rings (SSSR count). The molecule has 0 bridgehead atoms. The second-order valence-electron chi connectivity index (χ2n) is 10.5. The summed E-state index contributed by atoms with van der Waals surface area (Å²) < 4.78 is 16.8. The van der Waals surface area contributed by atoms with Crippen LogP contribution >= 0.6 is 0 Å². The number of hydrogen-bond donors (Lipinski definition) is 1. The predicted molar refractivity (Wildman–Crippen MR) is 156 cm³/mol. The SMILES string of the molecule is CCc1ccc2c(c1)Cc1cc(C(CCCCCCCC(=O)O)OC(=O)Cc3ccc(OC)c(OC)c3)ccc1-2. The second kappa shape index (κ2) is 14.0. The minimum absolute atomic E-state index is 0.141. The Morgan fingerprint density at radius 2 is 1.48 bits per heavy atom.